The molecule has 1 saturated heterocycles. The summed E-state index contributed by atoms with van der Waals surface area (Å²) < 4.78 is 41.3. The zero-order valence-corrected chi connectivity index (χ0v) is 16.2. The molecule has 0 spiro atoms. The van der Waals surface area contributed by atoms with E-state index in [2.05, 4.69) is 15.0 Å². The Morgan fingerprint density at radius 2 is 2.07 bits per heavy atom. The van der Waals surface area contributed by atoms with E-state index in [-0.39, 0.29) is 17.3 Å². The molecule has 0 unspecified atom stereocenters. The summed E-state index contributed by atoms with van der Waals surface area (Å²) in [6.07, 6.45) is 2.02. The standard InChI is InChI=1S/C16H20FN5O3S2/c17-13-3-1-4-14(11-13)27(24,25)18-5-2-6-22-12-15(19-20-22)16(23)21-7-9-26-10-8-21/h1,3-4,11-12,18H,2,5-10H2. The van der Waals surface area contributed by atoms with E-state index in [9.17, 15) is 17.6 Å². The van der Waals surface area contributed by atoms with Crippen LogP contribution in [0.3, 0.4) is 0 Å². The number of aryl methyl sites for hydroxylation is 1. The number of nitrogens with zero attached hydrogens (tertiary/aromatic N) is 4. The molecule has 2 aromatic rings. The third-order valence-electron chi connectivity index (χ3n) is 4.02. The van der Waals surface area contributed by atoms with Crippen LogP contribution in [0.2, 0.25) is 0 Å². The van der Waals surface area contributed by atoms with E-state index >= 15 is 0 Å². The van der Waals surface area contributed by atoms with Crippen LogP contribution in [0, 0.1) is 5.82 Å². The molecule has 0 bridgehead atoms. The highest BCUT2D eigenvalue weighted by molar-refractivity contribution is 7.99. The molecule has 1 aliphatic rings. The second-order valence-electron chi connectivity index (χ2n) is 5.98. The first kappa shape index (κ1) is 19.8. The summed E-state index contributed by atoms with van der Waals surface area (Å²) in [6, 6.07) is 4.83. The Labute approximate surface area is 161 Å². The van der Waals surface area contributed by atoms with Crippen molar-refractivity contribution in [3.63, 3.8) is 0 Å². The summed E-state index contributed by atoms with van der Waals surface area (Å²) >= 11 is 1.82. The number of sulfonamides is 1. The number of carbonyl (C=O) groups is 1. The molecule has 0 aliphatic carbocycles. The van der Waals surface area contributed by atoms with Gasteiger partial charge in [-0.1, -0.05) is 11.3 Å². The van der Waals surface area contributed by atoms with Gasteiger partial charge in [0.05, 0.1) is 11.1 Å². The number of aromatic nitrogens is 3. The Morgan fingerprint density at radius 3 is 2.81 bits per heavy atom. The van der Waals surface area contributed by atoms with Gasteiger partial charge in [-0.25, -0.2) is 17.5 Å². The summed E-state index contributed by atoms with van der Waals surface area (Å²) in [6.45, 7) is 1.98. The van der Waals surface area contributed by atoms with Crippen LogP contribution in [-0.4, -0.2) is 65.4 Å². The van der Waals surface area contributed by atoms with Crippen molar-refractivity contribution in [2.75, 3.05) is 31.1 Å². The van der Waals surface area contributed by atoms with Gasteiger partial charge < -0.3 is 4.90 Å². The second kappa shape index (κ2) is 8.81. The van der Waals surface area contributed by atoms with Crippen LogP contribution >= 0.6 is 11.8 Å². The highest BCUT2D eigenvalue weighted by Crippen LogP contribution is 2.12. The molecule has 0 atom stereocenters. The Balaban J connectivity index is 1.48. The zero-order valence-electron chi connectivity index (χ0n) is 14.5. The summed E-state index contributed by atoms with van der Waals surface area (Å²) in [7, 11) is -3.76. The predicted octanol–water partition coefficient (Wildman–Crippen LogP) is 0.975. The molecule has 11 heteroatoms. The predicted molar refractivity (Wildman–Crippen MR) is 99.5 cm³/mol. The molecule has 2 heterocycles. The second-order valence-corrected chi connectivity index (χ2v) is 8.97. The maximum atomic E-state index is 13.2. The lowest BCUT2D eigenvalue weighted by Crippen LogP contribution is -2.38. The Hall–Kier alpha value is -1.98. The lowest BCUT2D eigenvalue weighted by molar-refractivity contribution is 0.0766. The summed E-state index contributed by atoms with van der Waals surface area (Å²) in [5.41, 5.74) is 0.294. The molecule has 1 N–H and O–H groups in total. The van der Waals surface area contributed by atoms with Gasteiger partial charge in [0.2, 0.25) is 10.0 Å². The van der Waals surface area contributed by atoms with Crippen molar-refractivity contribution >= 4 is 27.7 Å². The molecule has 8 nitrogen and oxygen atoms in total. The topological polar surface area (TPSA) is 97.2 Å². The first-order valence-corrected chi connectivity index (χ1v) is 11.1. The van der Waals surface area contributed by atoms with Crippen LogP contribution in [0.5, 0.6) is 0 Å². The third kappa shape index (κ3) is 5.27. The van der Waals surface area contributed by atoms with Crippen LogP contribution in [-0.2, 0) is 16.6 Å². The van der Waals surface area contributed by atoms with Crippen molar-refractivity contribution in [3.8, 4) is 0 Å². The van der Waals surface area contributed by atoms with Crippen molar-refractivity contribution in [3.05, 3.63) is 42.0 Å². The minimum atomic E-state index is -3.76. The highest BCUT2D eigenvalue weighted by Gasteiger charge is 2.21. The molecule has 1 aromatic carbocycles. The number of hydrogen-bond acceptors (Lipinski definition) is 6. The molecule has 1 aromatic heterocycles. The molecule has 3 rings (SSSR count). The molecule has 146 valence electrons. The Bertz CT molecular complexity index is 897. The molecule has 27 heavy (non-hydrogen) atoms. The highest BCUT2D eigenvalue weighted by atomic mass is 32.2. The fraction of sp³-hybridized carbons (Fsp3) is 0.438. The summed E-state index contributed by atoms with van der Waals surface area (Å²) in [5, 5.41) is 7.83. The number of thioether (sulfide) groups is 1. The molecule has 0 radical (unpaired) electrons. The third-order valence-corrected chi connectivity index (χ3v) is 6.42. The van der Waals surface area contributed by atoms with Crippen molar-refractivity contribution in [2.24, 2.45) is 0 Å². The van der Waals surface area contributed by atoms with Gasteiger partial charge in [0, 0.05) is 37.7 Å². The van der Waals surface area contributed by atoms with Crippen LogP contribution in [0.15, 0.2) is 35.4 Å². The Kier molecular flexibility index (Phi) is 6.45. The smallest absolute Gasteiger partial charge is 0.276 e. The monoisotopic (exact) mass is 413 g/mol. The average Bonchev–Trinajstić information content (AvgIpc) is 3.14. The normalized spacial score (nSPS) is 15.1. The van der Waals surface area contributed by atoms with E-state index < -0.39 is 15.8 Å². The van der Waals surface area contributed by atoms with Gasteiger partial charge in [0.25, 0.3) is 5.91 Å². The number of rotatable bonds is 7. The lowest BCUT2D eigenvalue weighted by atomic mass is 10.3. The zero-order chi connectivity index (χ0) is 19.3. The van der Waals surface area contributed by atoms with Gasteiger partial charge in [-0.3, -0.25) is 9.48 Å². The quantitative estimate of drug-likeness (QED) is 0.680. The van der Waals surface area contributed by atoms with Gasteiger partial charge in [0.15, 0.2) is 5.69 Å². The summed E-state index contributed by atoms with van der Waals surface area (Å²) in [5.74, 6) is 1.11. The molecule has 1 fully saturated rings. The molecule has 1 aliphatic heterocycles. The first-order chi connectivity index (χ1) is 13.0. The fourth-order valence-electron chi connectivity index (χ4n) is 2.60. The molecular weight excluding hydrogens is 393 g/mol. The summed E-state index contributed by atoms with van der Waals surface area (Å²) in [4.78, 5) is 14.0. The number of carbonyl (C=O) groups excluding carboxylic acids is 1. The first-order valence-electron chi connectivity index (χ1n) is 8.48. The number of benzene rings is 1. The molecule has 0 saturated carbocycles. The Morgan fingerprint density at radius 1 is 1.30 bits per heavy atom. The van der Waals surface area contributed by atoms with Gasteiger partial charge in [-0.15, -0.1) is 5.10 Å². The van der Waals surface area contributed by atoms with Gasteiger partial charge >= 0.3 is 0 Å². The fourth-order valence-corrected chi connectivity index (χ4v) is 4.61. The van der Waals surface area contributed by atoms with Crippen LogP contribution < -0.4 is 4.72 Å². The van der Waals surface area contributed by atoms with E-state index in [4.69, 9.17) is 0 Å². The number of amides is 1. The number of nitrogens with one attached hydrogen (secondary N) is 1. The van der Waals surface area contributed by atoms with Crippen molar-refractivity contribution in [1.82, 2.24) is 24.6 Å². The van der Waals surface area contributed by atoms with Crippen molar-refractivity contribution in [1.29, 1.82) is 0 Å². The van der Waals surface area contributed by atoms with Crippen molar-refractivity contribution < 1.29 is 17.6 Å². The van der Waals surface area contributed by atoms with E-state index in [1.807, 2.05) is 11.8 Å². The van der Waals surface area contributed by atoms with Gasteiger partial charge in [-0.2, -0.15) is 11.8 Å². The van der Waals surface area contributed by atoms with Gasteiger partial charge in [0.1, 0.15) is 5.82 Å². The lowest BCUT2D eigenvalue weighted by Gasteiger charge is -2.25. The van der Waals surface area contributed by atoms with E-state index in [0.717, 1.165) is 17.6 Å². The van der Waals surface area contributed by atoms with E-state index in [0.29, 0.717) is 31.7 Å². The average molecular weight is 414 g/mol. The van der Waals surface area contributed by atoms with Crippen LogP contribution in [0.1, 0.15) is 16.9 Å². The molecular formula is C16H20FN5O3S2. The largest absolute Gasteiger partial charge is 0.336 e. The SMILES string of the molecule is O=C(c1cn(CCCNS(=O)(=O)c2cccc(F)c2)nn1)N1CCSCC1. The minimum absolute atomic E-state index is 0.115. The van der Waals surface area contributed by atoms with E-state index in [1.54, 1.807) is 11.1 Å². The minimum Gasteiger partial charge on any atom is -0.336 e. The molecule has 1 amide bonds. The van der Waals surface area contributed by atoms with E-state index in [1.165, 1.54) is 22.9 Å². The number of halogens is 1. The van der Waals surface area contributed by atoms with Crippen LogP contribution in [0.25, 0.3) is 0 Å². The van der Waals surface area contributed by atoms with Crippen molar-refractivity contribution in [2.45, 2.75) is 17.9 Å². The van der Waals surface area contributed by atoms with Gasteiger partial charge in [-0.05, 0) is 24.6 Å². The number of hydrogen-bond donors (Lipinski definition) is 1. The maximum absolute atomic E-state index is 13.2. The van der Waals surface area contributed by atoms with Crippen LogP contribution in [0.4, 0.5) is 4.39 Å². The maximum Gasteiger partial charge on any atom is 0.276 e.